The van der Waals surface area contributed by atoms with Crippen LogP contribution in [0.5, 0.6) is 0 Å². The number of carbonyl (C=O) groups excluding carboxylic acids is 2. The summed E-state index contributed by atoms with van der Waals surface area (Å²) in [4.78, 5) is 30.8. The number of methoxy groups -OCH3 is 1. The van der Waals surface area contributed by atoms with Gasteiger partial charge < -0.3 is 38.3 Å². The molecule has 0 N–H and O–H groups in total. The van der Waals surface area contributed by atoms with E-state index in [1.807, 2.05) is 6.07 Å². The van der Waals surface area contributed by atoms with Gasteiger partial charge >= 0.3 is 51.4 Å². The molecule has 7 rings (SSSR count). The van der Waals surface area contributed by atoms with Crippen LogP contribution in [0.3, 0.4) is 0 Å². The van der Waals surface area contributed by atoms with Crippen molar-refractivity contribution >= 4 is 39.6 Å². The second-order valence-corrected chi connectivity index (χ2v) is 15.0. The molecule has 0 unspecified atom stereocenters. The Morgan fingerprint density at radius 1 is 1.04 bits per heavy atom. The number of anilines is 1. The van der Waals surface area contributed by atoms with E-state index >= 15 is 0 Å². The molecule has 256 valence electrons. The number of furan rings is 1. The second kappa shape index (κ2) is 14.3. The van der Waals surface area contributed by atoms with Gasteiger partial charge in [0, 0.05) is 72.8 Å². The standard InChI is InChI=1S/C38H47FN4O5.K/c1-23-31-11-9-26(36(44)41-21-27(39)18-29(22-41)43(37(45)46)38(2,3)4)17-34(31)48-35(23)33-16-25-8-10-28(40-14-12-30(47-5)13-15-40)19-32(25)42(33)20-24-6-7-24;/h8-11,16-17,19,24,27,29-30H,6-7,12-15,18,20-22H2,1-5H3,(H,45,46);/q;+1/p-1/t27-,29-;/m1./s1. The molecule has 1 aliphatic carbocycles. The van der Waals surface area contributed by atoms with Crippen LogP contribution < -0.4 is 61.4 Å². The van der Waals surface area contributed by atoms with Gasteiger partial charge in [-0.3, -0.25) is 4.79 Å². The molecular weight excluding hydrogens is 651 g/mol. The van der Waals surface area contributed by atoms with Gasteiger partial charge in [-0.2, -0.15) is 0 Å². The molecule has 9 nitrogen and oxygen atoms in total. The molecule has 2 aromatic heterocycles. The molecule has 4 aromatic rings. The van der Waals surface area contributed by atoms with Crippen LogP contribution in [-0.4, -0.2) is 83.5 Å². The molecule has 2 saturated heterocycles. The van der Waals surface area contributed by atoms with Crippen LogP contribution in [0, 0.1) is 12.8 Å². The molecular formula is C38H46FKN4O5. The molecule has 2 amide bonds. The Morgan fingerprint density at radius 3 is 2.43 bits per heavy atom. The van der Waals surface area contributed by atoms with Crippen LogP contribution in [0.15, 0.2) is 46.9 Å². The Kier molecular flexibility index (Phi) is 10.6. The Balaban J connectivity index is 0.00000417. The number of halogens is 1. The zero-order valence-electron chi connectivity index (χ0n) is 29.6. The number of nitrogens with zero attached hydrogens (tertiary/aromatic N) is 4. The number of hydrogen-bond donors (Lipinski definition) is 0. The van der Waals surface area contributed by atoms with E-state index in [9.17, 15) is 19.1 Å². The molecule has 0 spiro atoms. The Morgan fingerprint density at radius 2 is 1.78 bits per heavy atom. The molecule has 4 heterocycles. The molecule has 2 aromatic carbocycles. The third-order valence-electron chi connectivity index (χ3n) is 10.5. The third kappa shape index (κ3) is 7.34. The number of ether oxygens (including phenoxy) is 1. The molecule has 3 fully saturated rings. The van der Waals surface area contributed by atoms with E-state index < -0.39 is 23.8 Å². The molecule has 49 heavy (non-hydrogen) atoms. The number of carboxylic acid groups (broad SMARTS) is 1. The van der Waals surface area contributed by atoms with Crippen LogP contribution >= 0.6 is 0 Å². The largest absolute Gasteiger partial charge is 1.00 e. The van der Waals surface area contributed by atoms with Crippen molar-refractivity contribution in [1.82, 2.24) is 14.4 Å². The van der Waals surface area contributed by atoms with E-state index in [0.29, 0.717) is 23.2 Å². The Hall–Kier alpha value is -2.41. The van der Waals surface area contributed by atoms with Gasteiger partial charge in [0.25, 0.3) is 5.91 Å². The van der Waals surface area contributed by atoms with Crippen molar-refractivity contribution in [1.29, 1.82) is 0 Å². The number of likely N-dealkylation sites (tertiary alicyclic amines) is 1. The number of aryl methyl sites for hydroxylation is 1. The predicted molar refractivity (Wildman–Crippen MR) is 183 cm³/mol. The van der Waals surface area contributed by atoms with E-state index in [-0.39, 0.29) is 76.8 Å². The van der Waals surface area contributed by atoms with Gasteiger partial charge in [-0.25, -0.2) is 4.39 Å². The van der Waals surface area contributed by atoms with Crippen molar-refractivity contribution in [2.24, 2.45) is 5.92 Å². The fraction of sp³-hybridized carbons (Fsp3) is 0.526. The summed E-state index contributed by atoms with van der Waals surface area (Å²) in [6, 6.07) is 13.6. The normalized spacial score (nSPS) is 20.5. The van der Waals surface area contributed by atoms with Gasteiger partial charge in [0.1, 0.15) is 17.8 Å². The molecule has 2 atom stereocenters. The summed E-state index contributed by atoms with van der Waals surface area (Å²) < 4.78 is 29.6. The number of fused-ring (bicyclic) bond motifs is 2. The quantitative estimate of drug-likeness (QED) is 0.275. The van der Waals surface area contributed by atoms with Gasteiger partial charge in [0.15, 0.2) is 5.76 Å². The van der Waals surface area contributed by atoms with Crippen LogP contribution in [0.1, 0.15) is 68.8 Å². The minimum Gasteiger partial charge on any atom is -0.530 e. The summed E-state index contributed by atoms with van der Waals surface area (Å²) in [6.45, 7) is 10.2. The monoisotopic (exact) mass is 696 g/mol. The first-order chi connectivity index (χ1) is 22.9. The minimum atomic E-state index is -1.36. The van der Waals surface area contributed by atoms with Crippen LogP contribution in [0.4, 0.5) is 14.9 Å². The average molecular weight is 697 g/mol. The molecule has 0 radical (unpaired) electrons. The van der Waals surface area contributed by atoms with Gasteiger partial charge in [0.05, 0.1) is 29.9 Å². The summed E-state index contributed by atoms with van der Waals surface area (Å²) in [5.41, 5.74) is 4.63. The van der Waals surface area contributed by atoms with E-state index in [2.05, 4.69) is 40.7 Å². The summed E-state index contributed by atoms with van der Waals surface area (Å²) in [5.74, 6) is 1.08. The molecule has 11 heteroatoms. The maximum Gasteiger partial charge on any atom is 1.00 e. The zero-order chi connectivity index (χ0) is 33.9. The average Bonchev–Trinajstić information content (AvgIpc) is 3.72. The Labute approximate surface area is 330 Å². The SMILES string of the molecule is COC1CCN(c2ccc3cc(-c4oc5cc(C(=O)N6C[C@H](F)C[C@@H](N(C(=O)[O-])C(C)(C)C)C6)ccc5c4C)n(CC4CC4)c3c2)CC1.[K+]. The molecule has 2 aliphatic heterocycles. The fourth-order valence-electron chi connectivity index (χ4n) is 7.85. The van der Waals surface area contributed by atoms with Crippen LogP contribution in [0.25, 0.3) is 33.3 Å². The maximum absolute atomic E-state index is 15.0. The topological polar surface area (TPSA) is 94.2 Å². The number of carbonyl (C=O) groups is 2. The summed E-state index contributed by atoms with van der Waals surface area (Å²) in [5, 5.41) is 14.1. The molecule has 1 saturated carbocycles. The van der Waals surface area contributed by atoms with E-state index in [4.69, 9.17) is 9.15 Å². The van der Waals surface area contributed by atoms with Gasteiger partial charge in [-0.05, 0) is 89.6 Å². The van der Waals surface area contributed by atoms with Crippen molar-refractivity contribution in [3.8, 4) is 11.5 Å². The van der Waals surface area contributed by atoms with Gasteiger partial charge in [-0.1, -0.05) is 12.1 Å². The first kappa shape index (κ1) is 36.4. The first-order valence-corrected chi connectivity index (χ1v) is 17.3. The minimum absolute atomic E-state index is 0. The van der Waals surface area contributed by atoms with Crippen LogP contribution in [0.2, 0.25) is 0 Å². The van der Waals surface area contributed by atoms with Crippen molar-refractivity contribution in [3.63, 3.8) is 0 Å². The van der Waals surface area contributed by atoms with E-state index in [1.165, 1.54) is 28.9 Å². The fourth-order valence-corrected chi connectivity index (χ4v) is 7.85. The number of hydrogen-bond acceptors (Lipinski definition) is 6. The number of piperidine rings is 2. The molecule has 0 bridgehead atoms. The van der Waals surface area contributed by atoms with Crippen LogP contribution in [-0.2, 0) is 11.3 Å². The number of rotatable bonds is 7. The van der Waals surface area contributed by atoms with Crippen molar-refractivity contribution < 1.29 is 79.6 Å². The van der Waals surface area contributed by atoms with Gasteiger partial charge in [-0.15, -0.1) is 0 Å². The van der Waals surface area contributed by atoms with Crippen molar-refractivity contribution in [3.05, 3.63) is 53.6 Å². The Bertz CT molecular complexity index is 1850. The van der Waals surface area contributed by atoms with E-state index in [0.717, 1.165) is 65.2 Å². The summed E-state index contributed by atoms with van der Waals surface area (Å²) in [6.07, 6.45) is 2.13. The summed E-state index contributed by atoms with van der Waals surface area (Å²) in [7, 11) is 1.80. The smallest absolute Gasteiger partial charge is 0.530 e. The third-order valence-corrected chi connectivity index (χ3v) is 10.5. The summed E-state index contributed by atoms with van der Waals surface area (Å²) >= 11 is 0. The van der Waals surface area contributed by atoms with Crippen molar-refractivity contribution in [2.75, 3.05) is 38.2 Å². The first-order valence-electron chi connectivity index (χ1n) is 17.3. The number of aromatic nitrogens is 1. The zero-order valence-corrected chi connectivity index (χ0v) is 32.8. The van der Waals surface area contributed by atoms with E-state index in [1.54, 1.807) is 40.0 Å². The second-order valence-electron chi connectivity index (χ2n) is 15.0. The maximum atomic E-state index is 15.0. The molecule has 3 aliphatic rings. The number of alkyl halides is 1. The predicted octanol–water partition coefficient (Wildman–Crippen LogP) is 3.39. The van der Waals surface area contributed by atoms with Crippen molar-refractivity contribution in [2.45, 2.75) is 90.2 Å². The number of amides is 2. The number of benzene rings is 2. The van der Waals surface area contributed by atoms with Gasteiger partial charge in [0.2, 0.25) is 0 Å².